The van der Waals surface area contributed by atoms with Gasteiger partial charge in [-0.25, -0.2) is 8.78 Å². The Bertz CT molecular complexity index is 340. The summed E-state index contributed by atoms with van der Waals surface area (Å²) in [5, 5.41) is 0. The van der Waals surface area contributed by atoms with Crippen LogP contribution in [-0.2, 0) is 0 Å². The van der Waals surface area contributed by atoms with E-state index in [1.54, 1.807) is 24.3 Å². The number of thiol groups is 1. The Morgan fingerprint density at radius 3 is 2.40 bits per heavy atom. The van der Waals surface area contributed by atoms with Gasteiger partial charge in [-0.2, -0.15) is 0 Å². The number of halogens is 2. The lowest BCUT2D eigenvalue weighted by molar-refractivity contribution is 0.0620. The summed E-state index contributed by atoms with van der Waals surface area (Å²) in [6.07, 6.45) is -2.51. The van der Waals surface area contributed by atoms with Gasteiger partial charge < -0.3 is 4.90 Å². The number of alkyl halides is 2. The SMILES string of the molecule is CN(CC(F)F)C(=O)c1ccc(S)cc1. The fourth-order valence-electron chi connectivity index (χ4n) is 1.11. The third-order valence-electron chi connectivity index (χ3n) is 1.87. The lowest BCUT2D eigenvalue weighted by Gasteiger charge is -2.16. The summed E-state index contributed by atoms with van der Waals surface area (Å²) in [6, 6.07) is 6.42. The number of hydrogen-bond acceptors (Lipinski definition) is 2. The van der Waals surface area contributed by atoms with E-state index in [9.17, 15) is 13.6 Å². The molecule has 1 aromatic carbocycles. The van der Waals surface area contributed by atoms with Crippen LogP contribution < -0.4 is 0 Å². The van der Waals surface area contributed by atoms with Crippen LogP contribution in [0.25, 0.3) is 0 Å². The molecule has 82 valence electrons. The Balaban J connectivity index is 2.72. The van der Waals surface area contributed by atoms with Crippen LogP contribution in [0.1, 0.15) is 10.4 Å². The predicted molar refractivity (Wildman–Crippen MR) is 56.7 cm³/mol. The monoisotopic (exact) mass is 231 g/mol. The molecule has 0 fully saturated rings. The molecule has 2 nitrogen and oxygen atoms in total. The second-order valence-electron chi connectivity index (χ2n) is 3.12. The van der Waals surface area contributed by atoms with Gasteiger partial charge in [0.15, 0.2) is 0 Å². The molecule has 1 rings (SSSR count). The number of carbonyl (C=O) groups excluding carboxylic acids is 1. The highest BCUT2D eigenvalue weighted by molar-refractivity contribution is 7.80. The minimum absolute atomic E-state index is 0.385. The molecule has 0 atom stereocenters. The van der Waals surface area contributed by atoms with Crippen LogP contribution in [0, 0.1) is 0 Å². The molecular formula is C10H11F2NOS. The molecule has 1 amide bonds. The minimum Gasteiger partial charge on any atom is -0.336 e. The van der Waals surface area contributed by atoms with Crippen molar-refractivity contribution in [2.24, 2.45) is 0 Å². The average Bonchev–Trinajstić information content (AvgIpc) is 2.17. The standard InChI is InChI=1S/C10H11F2NOS/c1-13(6-9(11)12)10(14)7-2-4-8(15)5-3-7/h2-5,9,15H,6H2,1H3. The number of carbonyl (C=O) groups is 1. The molecule has 0 radical (unpaired) electrons. The molecule has 1 aromatic rings. The summed E-state index contributed by atoms with van der Waals surface area (Å²) >= 11 is 4.06. The van der Waals surface area contributed by atoms with Crippen molar-refractivity contribution in [2.45, 2.75) is 11.3 Å². The second-order valence-corrected chi connectivity index (χ2v) is 3.64. The largest absolute Gasteiger partial charge is 0.336 e. The van der Waals surface area contributed by atoms with Crippen molar-refractivity contribution in [1.82, 2.24) is 4.90 Å². The molecule has 0 spiro atoms. The van der Waals surface area contributed by atoms with Crippen LogP contribution >= 0.6 is 12.6 Å². The topological polar surface area (TPSA) is 20.3 Å². The van der Waals surface area contributed by atoms with Crippen molar-refractivity contribution in [2.75, 3.05) is 13.6 Å². The van der Waals surface area contributed by atoms with Gasteiger partial charge in [-0.05, 0) is 24.3 Å². The Labute approximate surface area is 92.3 Å². The third kappa shape index (κ3) is 3.51. The third-order valence-corrected chi connectivity index (χ3v) is 2.17. The van der Waals surface area contributed by atoms with E-state index in [-0.39, 0.29) is 0 Å². The zero-order valence-electron chi connectivity index (χ0n) is 8.15. The first-order valence-corrected chi connectivity index (χ1v) is 4.78. The van der Waals surface area contributed by atoms with E-state index >= 15 is 0 Å². The van der Waals surface area contributed by atoms with Gasteiger partial charge in [0.1, 0.15) is 0 Å². The van der Waals surface area contributed by atoms with Gasteiger partial charge in [0.25, 0.3) is 12.3 Å². The van der Waals surface area contributed by atoms with Crippen molar-refractivity contribution < 1.29 is 13.6 Å². The van der Waals surface area contributed by atoms with Gasteiger partial charge in [0.05, 0.1) is 6.54 Å². The highest BCUT2D eigenvalue weighted by Gasteiger charge is 2.15. The average molecular weight is 231 g/mol. The number of benzene rings is 1. The van der Waals surface area contributed by atoms with E-state index in [2.05, 4.69) is 12.6 Å². The molecule has 0 heterocycles. The molecule has 0 aromatic heterocycles. The molecule has 0 unspecified atom stereocenters. The summed E-state index contributed by atoms with van der Waals surface area (Å²) in [4.78, 5) is 13.3. The van der Waals surface area contributed by atoms with Gasteiger partial charge in [0, 0.05) is 17.5 Å². The van der Waals surface area contributed by atoms with E-state index in [4.69, 9.17) is 0 Å². The highest BCUT2D eigenvalue weighted by atomic mass is 32.1. The van der Waals surface area contributed by atoms with Gasteiger partial charge in [-0.15, -0.1) is 12.6 Å². The molecular weight excluding hydrogens is 220 g/mol. The van der Waals surface area contributed by atoms with Crippen LogP contribution in [0.2, 0.25) is 0 Å². The zero-order valence-corrected chi connectivity index (χ0v) is 9.05. The van der Waals surface area contributed by atoms with Crippen molar-refractivity contribution in [3.63, 3.8) is 0 Å². The molecule has 0 aliphatic carbocycles. The molecule has 0 N–H and O–H groups in total. The number of amides is 1. The Morgan fingerprint density at radius 2 is 1.93 bits per heavy atom. The highest BCUT2D eigenvalue weighted by Crippen LogP contribution is 2.10. The van der Waals surface area contributed by atoms with E-state index in [1.165, 1.54) is 7.05 Å². The molecule has 0 aliphatic heterocycles. The van der Waals surface area contributed by atoms with Crippen molar-refractivity contribution >= 4 is 18.5 Å². The first kappa shape index (κ1) is 12.0. The first-order chi connectivity index (χ1) is 7.00. The predicted octanol–water partition coefficient (Wildman–Crippen LogP) is 2.31. The molecule has 5 heteroatoms. The van der Waals surface area contributed by atoms with Crippen LogP contribution in [0.3, 0.4) is 0 Å². The summed E-state index contributed by atoms with van der Waals surface area (Å²) in [7, 11) is 1.35. The van der Waals surface area contributed by atoms with Crippen LogP contribution in [0.5, 0.6) is 0 Å². The van der Waals surface area contributed by atoms with Crippen LogP contribution in [0.4, 0.5) is 8.78 Å². The molecule has 0 saturated carbocycles. The Morgan fingerprint density at radius 1 is 1.40 bits per heavy atom. The maximum Gasteiger partial charge on any atom is 0.255 e. The zero-order chi connectivity index (χ0) is 11.4. The Hall–Kier alpha value is -1.10. The molecule has 0 bridgehead atoms. The number of nitrogens with zero attached hydrogens (tertiary/aromatic N) is 1. The molecule has 15 heavy (non-hydrogen) atoms. The number of rotatable bonds is 3. The molecule has 0 saturated heterocycles. The summed E-state index contributed by atoms with van der Waals surface area (Å²) in [5.74, 6) is -0.413. The maximum atomic E-state index is 12.0. The smallest absolute Gasteiger partial charge is 0.255 e. The minimum atomic E-state index is -2.51. The fourth-order valence-corrected chi connectivity index (χ4v) is 1.26. The lowest BCUT2D eigenvalue weighted by Crippen LogP contribution is -2.31. The van der Waals surface area contributed by atoms with Gasteiger partial charge in [0.2, 0.25) is 0 Å². The fraction of sp³-hybridized carbons (Fsp3) is 0.300. The van der Waals surface area contributed by atoms with Crippen molar-refractivity contribution in [3.05, 3.63) is 29.8 Å². The Kier molecular flexibility index (Phi) is 4.08. The quantitative estimate of drug-likeness (QED) is 0.791. The summed E-state index contributed by atoms with van der Waals surface area (Å²) < 4.78 is 24.0. The van der Waals surface area contributed by atoms with Crippen LogP contribution in [-0.4, -0.2) is 30.8 Å². The van der Waals surface area contributed by atoms with E-state index in [0.29, 0.717) is 5.56 Å². The van der Waals surface area contributed by atoms with E-state index < -0.39 is 18.9 Å². The lowest BCUT2D eigenvalue weighted by atomic mass is 10.2. The number of hydrogen-bond donors (Lipinski definition) is 1. The van der Waals surface area contributed by atoms with Crippen LogP contribution in [0.15, 0.2) is 29.2 Å². The summed E-state index contributed by atoms with van der Waals surface area (Å²) in [5.41, 5.74) is 0.385. The van der Waals surface area contributed by atoms with Gasteiger partial charge in [-0.3, -0.25) is 4.79 Å². The van der Waals surface area contributed by atoms with E-state index in [0.717, 1.165) is 9.80 Å². The van der Waals surface area contributed by atoms with Gasteiger partial charge in [-0.1, -0.05) is 0 Å². The van der Waals surface area contributed by atoms with Crippen molar-refractivity contribution in [3.8, 4) is 0 Å². The van der Waals surface area contributed by atoms with Crippen molar-refractivity contribution in [1.29, 1.82) is 0 Å². The second kappa shape index (κ2) is 5.11. The summed E-state index contributed by atoms with van der Waals surface area (Å²) in [6.45, 7) is -0.554. The normalized spacial score (nSPS) is 10.5. The first-order valence-electron chi connectivity index (χ1n) is 4.33. The van der Waals surface area contributed by atoms with E-state index in [1.807, 2.05) is 0 Å². The van der Waals surface area contributed by atoms with Gasteiger partial charge >= 0.3 is 0 Å². The molecule has 0 aliphatic rings. The maximum absolute atomic E-state index is 12.0.